The maximum atomic E-state index is 14.5. The molecule has 5 rings (SSSR count). The minimum Gasteiger partial charge on any atom is -0.435 e. The fourth-order valence-corrected chi connectivity index (χ4v) is 5.92. The zero-order valence-corrected chi connectivity index (χ0v) is 20.9. The van der Waals surface area contributed by atoms with Crippen LogP contribution in [0, 0.1) is 23.0 Å². The molecule has 2 aromatic carbocycles. The van der Waals surface area contributed by atoms with E-state index in [2.05, 4.69) is 9.88 Å². The maximum Gasteiger partial charge on any atom is 0.244 e. The third-order valence-electron chi connectivity index (χ3n) is 6.49. The highest BCUT2D eigenvalue weighted by Gasteiger charge is 2.34. The number of hydrogen-bond acceptors (Lipinski definition) is 8. The molecule has 1 saturated heterocycles. The predicted molar refractivity (Wildman–Crippen MR) is 131 cm³/mol. The van der Waals surface area contributed by atoms with Gasteiger partial charge in [-0.3, -0.25) is 0 Å². The lowest BCUT2D eigenvalue weighted by Gasteiger charge is -2.34. The predicted octanol–water partition coefficient (Wildman–Crippen LogP) is 2.92. The highest BCUT2D eigenvalue weighted by atomic mass is 32.2. The first kappa shape index (κ1) is 25.0. The summed E-state index contributed by atoms with van der Waals surface area (Å²) in [7, 11) is -2.00. The number of nitrogens with zero attached hydrogens (tertiary/aromatic N) is 6. The van der Waals surface area contributed by atoms with Gasteiger partial charge in [0.25, 0.3) is 0 Å². The molecule has 192 valence electrons. The Morgan fingerprint density at radius 3 is 2.51 bits per heavy atom. The molecule has 2 aliphatic rings. The average Bonchev–Trinajstić information content (AvgIpc) is 2.90. The highest BCUT2D eigenvalue weighted by Crippen LogP contribution is 2.35. The Kier molecular flexibility index (Phi) is 6.76. The molecule has 1 fully saturated rings. The lowest BCUT2D eigenvalue weighted by Crippen LogP contribution is -2.45. The second-order valence-corrected chi connectivity index (χ2v) is 10.8. The summed E-state index contributed by atoms with van der Waals surface area (Å²) in [5.74, 6) is -1.47. The SMILES string of the molecule is CN1CCN(c2nc3c(c(Oc4ccc(F)cc4F)n2)CN(S(=O)(=O)c2ccccc2C#N)CC3)CC1. The van der Waals surface area contributed by atoms with Crippen molar-refractivity contribution in [3.05, 3.63) is 70.9 Å². The van der Waals surface area contributed by atoms with Gasteiger partial charge in [0.15, 0.2) is 11.6 Å². The van der Waals surface area contributed by atoms with Gasteiger partial charge in [-0.05, 0) is 31.3 Å². The van der Waals surface area contributed by atoms with Crippen LogP contribution in [0.5, 0.6) is 11.6 Å². The minimum atomic E-state index is -4.03. The largest absolute Gasteiger partial charge is 0.435 e. The number of hydrogen-bond donors (Lipinski definition) is 0. The number of rotatable bonds is 5. The van der Waals surface area contributed by atoms with E-state index >= 15 is 0 Å². The molecule has 0 saturated carbocycles. The molecule has 3 aromatic rings. The summed E-state index contributed by atoms with van der Waals surface area (Å²) < 4.78 is 61.9. The fraction of sp³-hybridized carbons (Fsp3) is 0.320. The standard InChI is InChI=1S/C25H24F2N6O3S/c1-31-10-12-32(13-11-31)25-29-21-8-9-33(37(34,35)23-5-3-2-4-17(23)15-28)16-19(21)24(30-25)36-22-7-6-18(26)14-20(22)27/h2-7,14H,8-13,16H2,1H3. The number of nitriles is 1. The molecule has 0 atom stereocenters. The second kappa shape index (κ2) is 10.0. The normalized spacial score (nSPS) is 16.8. The maximum absolute atomic E-state index is 14.5. The van der Waals surface area contributed by atoms with Gasteiger partial charge < -0.3 is 14.5 Å². The first-order valence-electron chi connectivity index (χ1n) is 11.7. The van der Waals surface area contributed by atoms with Gasteiger partial charge in [0.2, 0.25) is 21.9 Å². The molecule has 2 aliphatic heterocycles. The van der Waals surface area contributed by atoms with Crippen LogP contribution in [0.4, 0.5) is 14.7 Å². The minimum absolute atomic E-state index is 0.0119. The Morgan fingerprint density at radius 2 is 1.78 bits per heavy atom. The Morgan fingerprint density at radius 1 is 1.03 bits per heavy atom. The van der Waals surface area contributed by atoms with Crippen LogP contribution in [0.1, 0.15) is 16.8 Å². The fourth-order valence-electron chi connectivity index (χ4n) is 4.37. The van der Waals surface area contributed by atoms with Crippen LogP contribution in [0.2, 0.25) is 0 Å². The van der Waals surface area contributed by atoms with Crippen LogP contribution in [0.15, 0.2) is 47.4 Å². The summed E-state index contributed by atoms with van der Waals surface area (Å²) in [4.78, 5) is 13.4. The number of benzene rings is 2. The van der Waals surface area contributed by atoms with Crippen LogP contribution < -0.4 is 9.64 Å². The second-order valence-electron chi connectivity index (χ2n) is 8.92. The van der Waals surface area contributed by atoms with Gasteiger partial charge in [0.05, 0.1) is 21.7 Å². The highest BCUT2D eigenvalue weighted by molar-refractivity contribution is 7.89. The summed E-state index contributed by atoms with van der Waals surface area (Å²) in [6, 6.07) is 10.9. The topological polar surface area (TPSA) is 103 Å². The van der Waals surface area contributed by atoms with E-state index in [4.69, 9.17) is 9.72 Å². The molecule has 37 heavy (non-hydrogen) atoms. The van der Waals surface area contributed by atoms with Crippen LogP contribution in [0.3, 0.4) is 0 Å². The van der Waals surface area contributed by atoms with E-state index in [-0.39, 0.29) is 41.6 Å². The molecule has 0 aliphatic carbocycles. The molecule has 0 radical (unpaired) electrons. The summed E-state index contributed by atoms with van der Waals surface area (Å²) >= 11 is 0. The number of aromatic nitrogens is 2. The van der Waals surface area contributed by atoms with Gasteiger partial charge in [0, 0.05) is 51.8 Å². The van der Waals surface area contributed by atoms with Crippen LogP contribution in [-0.4, -0.2) is 67.4 Å². The number of anilines is 1. The molecular formula is C25H24F2N6O3S. The zero-order valence-electron chi connectivity index (χ0n) is 20.1. The zero-order chi connectivity index (χ0) is 26.2. The van der Waals surface area contributed by atoms with Crippen molar-refractivity contribution in [2.75, 3.05) is 44.7 Å². The van der Waals surface area contributed by atoms with E-state index in [9.17, 15) is 22.5 Å². The summed E-state index contributed by atoms with van der Waals surface area (Å²) in [5, 5.41) is 9.42. The Balaban J connectivity index is 1.54. The van der Waals surface area contributed by atoms with Gasteiger partial charge >= 0.3 is 0 Å². The summed E-state index contributed by atoms with van der Waals surface area (Å²) in [6.45, 7) is 3.01. The Labute approximate surface area is 213 Å². The van der Waals surface area contributed by atoms with E-state index in [0.29, 0.717) is 36.4 Å². The monoisotopic (exact) mass is 526 g/mol. The van der Waals surface area contributed by atoms with Crippen molar-refractivity contribution < 1.29 is 21.9 Å². The van der Waals surface area contributed by atoms with Gasteiger partial charge in [0.1, 0.15) is 11.9 Å². The van der Waals surface area contributed by atoms with E-state index < -0.39 is 21.7 Å². The third kappa shape index (κ3) is 4.98. The van der Waals surface area contributed by atoms with Crippen molar-refractivity contribution in [2.45, 2.75) is 17.9 Å². The quantitative estimate of drug-likeness (QED) is 0.500. The van der Waals surface area contributed by atoms with Crippen molar-refractivity contribution in [2.24, 2.45) is 0 Å². The summed E-state index contributed by atoms with van der Waals surface area (Å²) in [5.41, 5.74) is 1.03. The smallest absolute Gasteiger partial charge is 0.244 e. The van der Waals surface area contributed by atoms with Crippen molar-refractivity contribution in [1.82, 2.24) is 19.2 Å². The Bertz CT molecular complexity index is 1490. The number of likely N-dealkylation sites (N-methyl/N-ethyl adjacent to an activating group) is 1. The summed E-state index contributed by atoms with van der Waals surface area (Å²) in [6.07, 6.45) is 0.273. The van der Waals surface area contributed by atoms with E-state index in [1.54, 1.807) is 12.1 Å². The number of halogens is 2. The van der Waals surface area contributed by atoms with Crippen molar-refractivity contribution in [3.63, 3.8) is 0 Å². The van der Waals surface area contributed by atoms with Crippen molar-refractivity contribution in [3.8, 4) is 17.7 Å². The number of ether oxygens (including phenoxy) is 1. The van der Waals surface area contributed by atoms with Crippen LogP contribution in [0.25, 0.3) is 0 Å². The van der Waals surface area contributed by atoms with E-state index in [0.717, 1.165) is 25.2 Å². The third-order valence-corrected chi connectivity index (χ3v) is 8.39. The first-order chi connectivity index (χ1) is 17.8. The molecule has 9 nitrogen and oxygen atoms in total. The molecule has 0 unspecified atom stereocenters. The molecule has 0 bridgehead atoms. The molecule has 12 heteroatoms. The van der Waals surface area contributed by atoms with Gasteiger partial charge in [-0.2, -0.15) is 14.6 Å². The molecule has 3 heterocycles. The number of sulfonamides is 1. The van der Waals surface area contributed by atoms with Crippen molar-refractivity contribution in [1.29, 1.82) is 5.26 Å². The van der Waals surface area contributed by atoms with E-state index in [1.807, 2.05) is 18.0 Å². The van der Waals surface area contributed by atoms with Gasteiger partial charge in [-0.25, -0.2) is 22.2 Å². The molecule has 0 N–H and O–H groups in total. The number of fused-ring (bicyclic) bond motifs is 1. The lowest BCUT2D eigenvalue weighted by molar-refractivity contribution is 0.309. The van der Waals surface area contributed by atoms with Crippen molar-refractivity contribution >= 4 is 16.0 Å². The van der Waals surface area contributed by atoms with Crippen LogP contribution in [-0.2, 0) is 23.0 Å². The van der Waals surface area contributed by atoms with Crippen LogP contribution >= 0.6 is 0 Å². The molecule has 1 aromatic heterocycles. The average molecular weight is 527 g/mol. The molecular weight excluding hydrogens is 502 g/mol. The number of piperazine rings is 1. The Hall–Kier alpha value is -3.66. The molecule has 0 spiro atoms. The first-order valence-corrected chi connectivity index (χ1v) is 13.2. The molecule has 0 amide bonds. The van der Waals surface area contributed by atoms with E-state index in [1.165, 1.54) is 16.4 Å². The van der Waals surface area contributed by atoms with Gasteiger partial charge in [-0.15, -0.1) is 0 Å². The van der Waals surface area contributed by atoms with Gasteiger partial charge in [-0.1, -0.05) is 12.1 Å². The lowest BCUT2D eigenvalue weighted by atomic mass is 10.1.